The van der Waals surface area contributed by atoms with Crippen LogP contribution in [0.5, 0.6) is 0 Å². The van der Waals surface area contributed by atoms with Gasteiger partial charge in [-0.15, -0.1) is 0 Å². The molecule has 24 heavy (non-hydrogen) atoms. The topological polar surface area (TPSA) is 86.7 Å². The van der Waals surface area contributed by atoms with Gasteiger partial charge in [0.05, 0.1) is 16.6 Å². The zero-order valence-electron chi connectivity index (χ0n) is 12.6. The molecule has 1 aromatic carbocycles. The highest BCUT2D eigenvalue weighted by atomic mass is 35.5. The monoisotopic (exact) mass is 398 g/mol. The maximum atomic E-state index is 13.8. The number of carboxylic acid groups (broad SMARTS) is 1. The van der Waals surface area contributed by atoms with E-state index in [1.807, 2.05) is 0 Å². The Bertz CT molecular complexity index is 730. The van der Waals surface area contributed by atoms with Gasteiger partial charge in [-0.3, -0.25) is 4.79 Å². The molecule has 1 saturated heterocycles. The van der Waals surface area contributed by atoms with E-state index in [0.29, 0.717) is 19.5 Å². The summed E-state index contributed by atoms with van der Waals surface area (Å²) in [4.78, 5) is 10.2. The number of carboxylic acids is 1. The van der Waals surface area contributed by atoms with Crippen molar-refractivity contribution in [3.05, 3.63) is 28.0 Å². The number of nitrogens with zero attached hydrogens (tertiary/aromatic N) is 1. The van der Waals surface area contributed by atoms with Crippen LogP contribution < -0.4 is 5.32 Å². The average molecular weight is 399 g/mol. The third kappa shape index (κ3) is 4.37. The predicted molar refractivity (Wildman–Crippen MR) is 88.4 cm³/mol. The van der Waals surface area contributed by atoms with E-state index < -0.39 is 26.8 Å². The van der Waals surface area contributed by atoms with Crippen molar-refractivity contribution in [1.29, 1.82) is 0 Å². The molecule has 1 aromatic rings. The number of halogens is 3. The third-order valence-electron chi connectivity index (χ3n) is 3.81. The number of hydrogen-bond acceptors (Lipinski definition) is 4. The lowest BCUT2D eigenvalue weighted by Gasteiger charge is -2.32. The van der Waals surface area contributed by atoms with Crippen molar-refractivity contribution < 1.29 is 22.7 Å². The first kappa shape index (κ1) is 19.4. The maximum absolute atomic E-state index is 13.8. The van der Waals surface area contributed by atoms with E-state index in [0.717, 1.165) is 12.5 Å². The number of nitrogens with one attached hydrogen (secondary N) is 1. The second-order valence-electron chi connectivity index (χ2n) is 5.57. The van der Waals surface area contributed by atoms with Crippen LogP contribution in [0.2, 0.25) is 10.0 Å². The summed E-state index contributed by atoms with van der Waals surface area (Å²) in [5.74, 6) is -1.96. The Hall–Kier alpha value is -0.930. The zero-order valence-corrected chi connectivity index (χ0v) is 15.0. The van der Waals surface area contributed by atoms with Crippen LogP contribution in [0.15, 0.2) is 17.0 Å². The van der Waals surface area contributed by atoms with Gasteiger partial charge in [0.25, 0.3) is 0 Å². The normalized spacial score (nSPS) is 19.4. The Morgan fingerprint density at radius 2 is 2.12 bits per heavy atom. The largest absolute Gasteiger partial charge is 0.480 e. The van der Waals surface area contributed by atoms with Crippen LogP contribution in [0.1, 0.15) is 12.8 Å². The number of aliphatic carboxylic acids is 1. The van der Waals surface area contributed by atoms with Crippen LogP contribution in [0.4, 0.5) is 4.39 Å². The van der Waals surface area contributed by atoms with Gasteiger partial charge >= 0.3 is 5.97 Å². The Morgan fingerprint density at radius 3 is 2.79 bits per heavy atom. The van der Waals surface area contributed by atoms with E-state index >= 15 is 0 Å². The summed E-state index contributed by atoms with van der Waals surface area (Å²) in [5.41, 5.74) is 0. The molecule has 2 rings (SSSR count). The van der Waals surface area contributed by atoms with Crippen molar-refractivity contribution in [2.75, 3.05) is 26.2 Å². The lowest BCUT2D eigenvalue weighted by molar-refractivity contribution is -0.136. The van der Waals surface area contributed by atoms with Crippen LogP contribution in [-0.4, -0.2) is 50.0 Å². The Kier molecular flexibility index (Phi) is 6.44. The lowest BCUT2D eigenvalue weighted by Crippen LogP contribution is -2.43. The quantitative estimate of drug-likeness (QED) is 0.717. The fraction of sp³-hybridized carbons (Fsp3) is 0.500. The van der Waals surface area contributed by atoms with Crippen molar-refractivity contribution >= 4 is 39.2 Å². The van der Waals surface area contributed by atoms with Gasteiger partial charge in [-0.1, -0.05) is 23.2 Å². The summed E-state index contributed by atoms with van der Waals surface area (Å²) >= 11 is 11.4. The first-order valence-electron chi connectivity index (χ1n) is 7.29. The van der Waals surface area contributed by atoms with Crippen molar-refractivity contribution in [2.45, 2.75) is 17.7 Å². The molecule has 1 atom stereocenters. The fourth-order valence-electron chi connectivity index (χ4n) is 2.64. The number of rotatable bonds is 6. The SMILES string of the molecule is O=C(O)CNCC1CCCN(S(=O)(=O)c2ccc(Cl)c(F)c2Cl)C1. The Balaban J connectivity index is 2.14. The van der Waals surface area contributed by atoms with Gasteiger partial charge in [-0.2, -0.15) is 4.31 Å². The van der Waals surface area contributed by atoms with Crippen molar-refractivity contribution in [3.8, 4) is 0 Å². The van der Waals surface area contributed by atoms with Crippen molar-refractivity contribution in [3.63, 3.8) is 0 Å². The minimum absolute atomic E-state index is 0.0243. The molecular formula is C14H17Cl2FN2O4S. The van der Waals surface area contributed by atoms with E-state index in [2.05, 4.69) is 5.32 Å². The van der Waals surface area contributed by atoms with Gasteiger partial charge in [0.15, 0.2) is 5.82 Å². The summed E-state index contributed by atoms with van der Waals surface area (Å²) in [6.07, 6.45) is 1.41. The summed E-state index contributed by atoms with van der Waals surface area (Å²) in [7, 11) is -3.95. The summed E-state index contributed by atoms with van der Waals surface area (Å²) in [5, 5.41) is 10.6. The molecule has 1 fully saturated rings. The van der Waals surface area contributed by atoms with E-state index in [4.69, 9.17) is 28.3 Å². The van der Waals surface area contributed by atoms with Gasteiger partial charge in [0.2, 0.25) is 10.0 Å². The molecule has 10 heteroatoms. The zero-order chi connectivity index (χ0) is 17.9. The molecule has 1 unspecified atom stereocenters. The van der Waals surface area contributed by atoms with Gasteiger partial charge in [0.1, 0.15) is 4.90 Å². The fourth-order valence-corrected chi connectivity index (χ4v) is 4.92. The molecule has 0 aromatic heterocycles. The lowest BCUT2D eigenvalue weighted by atomic mass is 10.00. The van der Waals surface area contributed by atoms with E-state index in [9.17, 15) is 17.6 Å². The van der Waals surface area contributed by atoms with Gasteiger partial charge in [-0.05, 0) is 37.4 Å². The number of carbonyl (C=O) groups is 1. The van der Waals surface area contributed by atoms with E-state index in [-0.39, 0.29) is 28.9 Å². The second kappa shape index (κ2) is 7.97. The first-order chi connectivity index (χ1) is 11.2. The molecule has 1 aliphatic rings. The Labute approximate surface area is 149 Å². The third-order valence-corrected chi connectivity index (χ3v) is 6.49. The number of hydrogen-bond donors (Lipinski definition) is 2. The molecule has 1 aliphatic heterocycles. The van der Waals surface area contributed by atoms with Gasteiger partial charge < -0.3 is 10.4 Å². The molecule has 0 radical (unpaired) electrons. The van der Waals surface area contributed by atoms with Crippen LogP contribution in [0.3, 0.4) is 0 Å². The predicted octanol–water partition coefficient (Wildman–Crippen LogP) is 2.21. The standard InChI is InChI=1S/C14H17Cl2FN2O4S/c15-10-3-4-11(13(16)14(10)17)24(22,23)19-5-1-2-9(8-19)6-18-7-12(20)21/h3-4,9,18H,1-2,5-8H2,(H,20,21). The molecule has 0 bridgehead atoms. The average Bonchev–Trinajstić information content (AvgIpc) is 2.52. The van der Waals surface area contributed by atoms with Crippen molar-refractivity contribution in [2.24, 2.45) is 5.92 Å². The highest BCUT2D eigenvalue weighted by molar-refractivity contribution is 7.89. The van der Waals surface area contributed by atoms with E-state index in [1.54, 1.807) is 0 Å². The smallest absolute Gasteiger partial charge is 0.317 e. The molecule has 0 saturated carbocycles. The van der Waals surface area contributed by atoms with Crippen LogP contribution in [-0.2, 0) is 14.8 Å². The van der Waals surface area contributed by atoms with Crippen LogP contribution >= 0.6 is 23.2 Å². The summed E-state index contributed by atoms with van der Waals surface area (Å²) < 4.78 is 40.5. The molecular weight excluding hydrogens is 382 g/mol. The summed E-state index contributed by atoms with van der Waals surface area (Å²) in [6.45, 7) is 0.729. The number of sulfonamides is 1. The highest BCUT2D eigenvalue weighted by Gasteiger charge is 2.32. The molecule has 0 aliphatic carbocycles. The number of benzene rings is 1. The minimum Gasteiger partial charge on any atom is -0.480 e. The van der Waals surface area contributed by atoms with E-state index in [1.165, 1.54) is 10.4 Å². The first-order valence-corrected chi connectivity index (χ1v) is 9.49. The molecule has 2 N–H and O–H groups in total. The molecule has 0 spiro atoms. The Morgan fingerprint density at radius 1 is 1.42 bits per heavy atom. The summed E-state index contributed by atoms with van der Waals surface area (Å²) in [6, 6.07) is 2.35. The molecule has 134 valence electrons. The van der Waals surface area contributed by atoms with Gasteiger partial charge in [-0.25, -0.2) is 12.8 Å². The van der Waals surface area contributed by atoms with Crippen LogP contribution in [0, 0.1) is 11.7 Å². The highest BCUT2D eigenvalue weighted by Crippen LogP contribution is 2.32. The van der Waals surface area contributed by atoms with Crippen molar-refractivity contribution in [1.82, 2.24) is 9.62 Å². The van der Waals surface area contributed by atoms with Crippen LogP contribution in [0.25, 0.3) is 0 Å². The van der Waals surface area contributed by atoms with Gasteiger partial charge in [0, 0.05) is 13.1 Å². The number of piperidine rings is 1. The maximum Gasteiger partial charge on any atom is 0.317 e. The minimum atomic E-state index is -3.95. The molecule has 0 amide bonds. The second-order valence-corrected chi connectivity index (χ2v) is 8.26. The molecule has 1 heterocycles. The molecule has 6 nitrogen and oxygen atoms in total.